The molecule has 2 saturated carbocycles. The molecule has 6 nitrogen and oxygen atoms in total. The minimum absolute atomic E-state index is 0.0598. The van der Waals surface area contributed by atoms with Gasteiger partial charge in [0, 0.05) is 11.6 Å². The fraction of sp³-hybridized carbons (Fsp3) is 0.417. The molecule has 2 aromatic rings. The molecule has 1 heterocycles. The molecule has 2 aliphatic rings. The minimum atomic E-state index is -0.583. The molecule has 1 aromatic heterocycles. The number of halogens is 1. The lowest BCUT2D eigenvalue weighted by atomic mass is 9.86. The molecular weight excluding hydrogens is 399 g/mol. The van der Waals surface area contributed by atoms with Gasteiger partial charge in [-0.2, -0.15) is 0 Å². The first-order chi connectivity index (χ1) is 14.9. The molecule has 0 spiro atoms. The smallest absolute Gasteiger partial charge is 0.314 e. The molecule has 0 amide bonds. The van der Waals surface area contributed by atoms with Crippen LogP contribution in [-0.2, 0) is 21.0 Å². The summed E-state index contributed by atoms with van der Waals surface area (Å²) in [6.45, 7) is 4.60. The van der Waals surface area contributed by atoms with Gasteiger partial charge >= 0.3 is 5.97 Å². The van der Waals surface area contributed by atoms with E-state index in [2.05, 4.69) is 10.5 Å². The maximum absolute atomic E-state index is 14.0. The second kappa shape index (κ2) is 9.06. The predicted octanol–water partition coefficient (Wildman–Crippen LogP) is 4.92. The Kier molecular flexibility index (Phi) is 6.23. The molecule has 164 valence electrons. The zero-order chi connectivity index (χ0) is 21.8. The topological polar surface area (TPSA) is 69.7 Å². The van der Waals surface area contributed by atoms with Crippen LogP contribution < -0.4 is 10.2 Å². The number of carbonyl (C=O) groups is 1. The van der Waals surface area contributed by atoms with Crippen molar-refractivity contribution < 1.29 is 23.5 Å². The molecule has 1 unspecified atom stereocenters. The summed E-state index contributed by atoms with van der Waals surface area (Å²) < 4.78 is 25.0. The van der Waals surface area contributed by atoms with Crippen LogP contribution in [0.25, 0.3) is 0 Å². The third-order valence-electron chi connectivity index (χ3n) is 5.96. The molecule has 4 rings (SSSR count). The van der Waals surface area contributed by atoms with Gasteiger partial charge in [0.15, 0.2) is 5.82 Å². The van der Waals surface area contributed by atoms with E-state index in [0.29, 0.717) is 24.0 Å². The number of hydrogen-bond donors (Lipinski definition) is 1. The van der Waals surface area contributed by atoms with Gasteiger partial charge in [-0.15, -0.1) is 0 Å². The molecule has 31 heavy (non-hydrogen) atoms. The average Bonchev–Trinajstić information content (AvgIpc) is 3.28. The number of esters is 1. The number of nitrogens with zero attached hydrogens (tertiary/aromatic N) is 1. The Morgan fingerprint density at radius 1 is 1.23 bits per heavy atom. The van der Waals surface area contributed by atoms with E-state index in [1.165, 1.54) is 31.4 Å². The lowest BCUT2D eigenvalue weighted by Crippen LogP contribution is -2.21. The lowest BCUT2D eigenvalue weighted by Gasteiger charge is -2.24. The van der Waals surface area contributed by atoms with Crippen molar-refractivity contribution in [3.05, 3.63) is 65.7 Å². The Morgan fingerprint density at radius 3 is 2.71 bits per heavy atom. The van der Waals surface area contributed by atoms with E-state index < -0.39 is 5.82 Å². The Morgan fingerprint density at radius 2 is 2.00 bits per heavy atom. The Labute approximate surface area is 181 Å². The third kappa shape index (κ3) is 5.05. The fourth-order valence-electron chi connectivity index (χ4n) is 3.64. The standard InChI is InChI=1S/C24H27FN2O4/c1-24(2)19(13-26-30-14-16-7-6-8-16)21(24)23(28)29-15-17-11-12-20(25)22(27-17)31-18-9-4-3-5-10-18/h3-5,9-13,16,21,26H,6-8,14-15H2,1-2H3. The van der Waals surface area contributed by atoms with Crippen molar-refractivity contribution in [3.63, 3.8) is 0 Å². The SMILES string of the molecule is CC1(C)C(=CNOCC2CCC2)C1C(=O)OCc1ccc(F)c(Oc2ccccc2)n1. The minimum Gasteiger partial charge on any atom is -0.459 e. The van der Waals surface area contributed by atoms with E-state index in [1.807, 2.05) is 19.9 Å². The highest BCUT2D eigenvalue weighted by molar-refractivity contribution is 5.83. The number of hydroxylamine groups is 1. The molecule has 0 bridgehead atoms. The lowest BCUT2D eigenvalue weighted by molar-refractivity contribution is -0.147. The van der Waals surface area contributed by atoms with E-state index in [-0.39, 0.29) is 29.8 Å². The van der Waals surface area contributed by atoms with E-state index in [4.69, 9.17) is 14.3 Å². The van der Waals surface area contributed by atoms with Gasteiger partial charge in [-0.25, -0.2) is 9.37 Å². The first-order valence-electron chi connectivity index (χ1n) is 10.6. The van der Waals surface area contributed by atoms with Crippen LogP contribution >= 0.6 is 0 Å². The van der Waals surface area contributed by atoms with Crippen molar-refractivity contribution >= 4 is 5.97 Å². The molecule has 0 aliphatic heterocycles. The highest BCUT2D eigenvalue weighted by Crippen LogP contribution is 2.58. The van der Waals surface area contributed by atoms with Crippen molar-refractivity contribution in [3.8, 4) is 11.6 Å². The van der Waals surface area contributed by atoms with Crippen LogP contribution in [0.5, 0.6) is 11.6 Å². The van der Waals surface area contributed by atoms with E-state index in [0.717, 1.165) is 5.57 Å². The van der Waals surface area contributed by atoms with Crippen molar-refractivity contribution in [2.45, 2.75) is 39.7 Å². The monoisotopic (exact) mass is 426 g/mol. The van der Waals surface area contributed by atoms with Crippen molar-refractivity contribution in [1.29, 1.82) is 0 Å². The van der Waals surface area contributed by atoms with Crippen LogP contribution in [0.3, 0.4) is 0 Å². The fourth-order valence-corrected chi connectivity index (χ4v) is 3.64. The van der Waals surface area contributed by atoms with Gasteiger partial charge < -0.3 is 9.47 Å². The molecule has 1 N–H and O–H groups in total. The summed E-state index contributed by atoms with van der Waals surface area (Å²) in [5.74, 6) is -0.302. The number of ether oxygens (including phenoxy) is 2. The quantitative estimate of drug-likeness (QED) is 0.349. The number of hydrogen-bond acceptors (Lipinski definition) is 6. The van der Waals surface area contributed by atoms with Gasteiger partial charge in [0.2, 0.25) is 0 Å². The second-order valence-electron chi connectivity index (χ2n) is 8.59. The highest BCUT2D eigenvalue weighted by atomic mass is 19.1. The Hall–Kier alpha value is -2.93. The maximum atomic E-state index is 14.0. The molecule has 7 heteroatoms. The van der Waals surface area contributed by atoms with Crippen LogP contribution in [0, 0.1) is 23.1 Å². The van der Waals surface area contributed by atoms with E-state index >= 15 is 0 Å². The summed E-state index contributed by atoms with van der Waals surface area (Å²) in [5, 5.41) is 0. The third-order valence-corrected chi connectivity index (χ3v) is 5.96. The first-order valence-corrected chi connectivity index (χ1v) is 10.6. The highest BCUT2D eigenvalue weighted by Gasteiger charge is 2.58. The maximum Gasteiger partial charge on any atom is 0.314 e. The normalized spacial score (nSPS) is 20.7. The summed E-state index contributed by atoms with van der Waals surface area (Å²) >= 11 is 0. The number of pyridine rings is 1. The summed E-state index contributed by atoms with van der Waals surface area (Å²) in [7, 11) is 0. The number of nitrogens with one attached hydrogen (secondary N) is 1. The van der Waals surface area contributed by atoms with Gasteiger partial charge in [-0.1, -0.05) is 38.5 Å². The number of aromatic nitrogens is 1. The van der Waals surface area contributed by atoms with Crippen LogP contribution in [0.2, 0.25) is 0 Å². The molecule has 2 aliphatic carbocycles. The predicted molar refractivity (Wildman–Crippen MR) is 112 cm³/mol. The van der Waals surface area contributed by atoms with Crippen LogP contribution in [0.4, 0.5) is 4.39 Å². The summed E-state index contributed by atoms with van der Waals surface area (Å²) in [6.07, 6.45) is 5.47. The van der Waals surface area contributed by atoms with Crippen LogP contribution in [0.1, 0.15) is 38.8 Å². The molecule has 1 atom stereocenters. The average molecular weight is 426 g/mol. The summed E-state index contributed by atoms with van der Waals surface area (Å²) in [6, 6.07) is 11.6. The largest absolute Gasteiger partial charge is 0.459 e. The van der Waals surface area contributed by atoms with E-state index in [1.54, 1.807) is 30.5 Å². The van der Waals surface area contributed by atoms with E-state index in [9.17, 15) is 9.18 Å². The summed E-state index contributed by atoms with van der Waals surface area (Å²) in [4.78, 5) is 22.2. The van der Waals surface area contributed by atoms with Crippen molar-refractivity contribution in [1.82, 2.24) is 10.5 Å². The molecule has 1 aromatic carbocycles. The summed E-state index contributed by atoms with van der Waals surface area (Å²) in [5.41, 5.74) is 3.91. The molecule has 2 fully saturated rings. The first kappa shape index (κ1) is 21.3. The Bertz CT molecular complexity index is 957. The van der Waals surface area contributed by atoms with Gasteiger partial charge in [-0.3, -0.25) is 15.1 Å². The zero-order valence-electron chi connectivity index (χ0n) is 17.8. The van der Waals surface area contributed by atoms with Gasteiger partial charge in [0.05, 0.1) is 18.2 Å². The number of carbonyl (C=O) groups excluding carboxylic acids is 1. The molecule has 0 radical (unpaired) electrons. The number of benzene rings is 1. The van der Waals surface area contributed by atoms with Crippen LogP contribution in [-0.4, -0.2) is 17.6 Å². The second-order valence-corrected chi connectivity index (χ2v) is 8.59. The number of para-hydroxylation sites is 1. The zero-order valence-corrected chi connectivity index (χ0v) is 17.8. The van der Waals surface area contributed by atoms with Gasteiger partial charge in [0.1, 0.15) is 12.4 Å². The Balaban J connectivity index is 1.30. The van der Waals surface area contributed by atoms with Gasteiger partial charge in [-0.05, 0) is 48.6 Å². The molecule has 0 saturated heterocycles. The van der Waals surface area contributed by atoms with Crippen molar-refractivity contribution in [2.75, 3.05) is 6.61 Å². The van der Waals surface area contributed by atoms with Gasteiger partial charge in [0.25, 0.3) is 5.88 Å². The van der Waals surface area contributed by atoms with Crippen LogP contribution in [0.15, 0.2) is 54.2 Å². The van der Waals surface area contributed by atoms with Crippen molar-refractivity contribution in [2.24, 2.45) is 17.3 Å². The molecular formula is C24H27FN2O4. The number of rotatable bonds is 9.